The zero-order valence-electron chi connectivity index (χ0n) is 10.0. The lowest BCUT2D eigenvalue weighted by Gasteiger charge is -2.41. The average molecular weight is 214 g/mol. The fourth-order valence-electron chi connectivity index (χ4n) is 2.03. The normalized spacial score (nSPS) is 22.1. The van der Waals surface area contributed by atoms with Crippen LogP contribution in [0.2, 0.25) is 0 Å². The highest BCUT2D eigenvalue weighted by molar-refractivity contribution is 5.76. The Labute approximate surface area is 92.2 Å². The first kappa shape index (κ1) is 12.5. The van der Waals surface area contributed by atoms with E-state index < -0.39 is 0 Å². The molecule has 1 rings (SSSR count). The number of carbonyl (C=O) groups is 1. The van der Waals surface area contributed by atoms with Crippen molar-refractivity contribution in [3.05, 3.63) is 0 Å². The van der Waals surface area contributed by atoms with Crippen LogP contribution >= 0.6 is 0 Å². The van der Waals surface area contributed by atoms with E-state index in [1.54, 1.807) is 0 Å². The van der Waals surface area contributed by atoms with Gasteiger partial charge in [0.25, 0.3) is 0 Å². The first-order valence-electron chi connectivity index (χ1n) is 5.85. The fourth-order valence-corrected chi connectivity index (χ4v) is 2.03. The minimum absolute atomic E-state index is 0.140. The number of rotatable bonds is 4. The van der Waals surface area contributed by atoms with Crippen LogP contribution in [-0.4, -0.2) is 54.7 Å². The Morgan fingerprint density at radius 1 is 1.40 bits per heavy atom. The number of ether oxygens (including phenoxy) is 1. The Kier molecular flexibility index (Phi) is 5.05. The van der Waals surface area contributed by atoms with Gasteiger partial charge in [-0.25, -0.2) is 0 Å². The van der Waals surface area contributed by atoms with Crippen molar-refractivity contribution in [1.82, 2.24) is 9.80 Å². The Hall–Kier alpha value is -0.610. The molecule has 0 aromatic rings. The molecule has 4 heteroatoms. The number of hydrogen-bond acceptors (Lipinski definition) is 3. The summed E-state index contributed by atoms with van der Waals surface area (Å²) in [4.78, 5) is 16.0. The highest BCUT2D eigenvalue weighted by Gasteiger charge is 2.29. The molecule has 0 N–H and O–H groups in total. The molecule has 1 heterocycles. The fraction of sp³-hybridized carbons (Fsp3) is 0.909. The van der Waals surface area contributed by atoms with Crippen LogP contribution in [0.1, 0.15) is 27.2 Å². The van der Waals surface area contributed by atoms with Gasteiger partial charge >= 0.3 is 0 Å². The number of nitrogens with zero attached hydrogens (tertiary/aromatic N) is 2. The zero-order chi connectivity index (χ0) is 11.3. The lowest BCUT2D eigenvalue weighted by atomic mass is 10.2. The van der Waals surface area contributed by atoms with E-state index in [2.05, 4.69) is 18.7 Å². The molecule has 0 aromatic heterocycles. The van der Waals surface area contributed by atoms with Gasteiger partial charge in [-0.2, -0.15) is 0 Å². The second-order valence-corrected chi connectivity index (χ2v) is 3.72. The van der Waals surface area contributed by atoms with Gasteiger partial charge in [-0.3, -0.25) is 9.69 Å². The molecule has 88 valence electrons. The van der Waals surface area contributed by atoms with Crippen molar-refractivity contribution in [2.45, 2.75) is 33.4 Å². The van der Waals surface area contributed by atoms with Crippen molar-refractivity contribution in [1.29, 1.82) is 0 Å². The largest absolute Gasteiger partial charge is 0.376 e. The van der Waals surface area contributed by atoms with Gasteiger partial charge in [-0.05, 0) is 13.1 Å². The van der Waals surface area contributed by atoms with Crippen molar-refractivity contribution in [3.63, 3.8) is 0 Å². The molecule has 1 fully saturated rings. The summed E-state index contributed by atoms with van der Waals surface area (Å²) in [7, 11) is 0. The van der Waals surface area contributed by atoms with E-state index in [4.69, 9.17) is 4.74 Å². The third-order valence-corrected chi connectivity index (χ3v) is 2.96. The standard InChI is InChI=1S/C11H22N2O2/c1-4-11(14)13-7-8-15-9-10(13)12(5-2)6-3/h10H,4-9H2,1-3H3. The Bertz CT molecular complexity index is 205. The molecule has 0 saturated carbocycles. The van der Waals surface area contributed by atoms with Gasteiger partial charge in [0, 0.05) is 13.0 Å². The highest BCUT2D eigenvalue weighted by Crippen LogP contribution is 2.12. The molecule has 4 nitrogen and oxygen atoms in total. The van der Waals surface area contributed by atoms with Gasteiger partial charge < -0.3 is 9.64 Å². The van der Waals surface area contributed by atoms with Crippen LogP contribution in [-0.2, 0) is 9.53 Å². The quantitative estimate of drug-likeness (QED) is 0.697. The van der Waals surface area contributed by atoms with E-state index in [1.165, 1.54) is 0 Å². The van der Waals surface area contributed by atoms with E-state index >= 15 is 0 Å². The van der Waals surface area contributed by atoms with Crippen molar-refractivity contribution < 1.29 is 9.53 Å². The molecular formula is C11H22N2O2. The van der Waals surface area contributed by atoms with Gasteiger partial charge in [-0.15, -0.1) is 0 Å². The zero-order valence-corrected chi connectivity index (χ0v) is 10.0. The maximum Gasteiger partial charge on any atom is 0.223 e. The van der Waals surface area contributed by atoms with E-state index in [0.717, 1.165) is 19.6 Å². The second-order valence-electron chi connectivity index (χ2n) is 3.72. The molecule has 1 aliphatic heterocycles. The lowest BCUT2D eigenvalue weighted by molar-refractivity contribution is -0.148. The Balaban J connectivity index is 2.68. The highest BCUT2D eigenvalue weighted by atomic mass is 16.5. The van der Waals surface area contributed by atoms with Crippen LogP contribution in [0.15, 0.2) is 0 Å². The monoisotopic (exact) mass is 214 g/mol. The summed E-state index contributed by atoms with van der Waals surface area (Å²) in [6.07, 6.45) is 0.721. The predicted molar refractivity (Wildman–Crippen MR) is 59.5 cm³/mol. The van der Waals surface area contributed by atoms with E-state index in [9.17, 15) is 4.79 Å². The molecule has 1 unspecified atom stereocenters. The van der Waals surface area contributed by atoms with Crippen LogP contribution in [0.25, 0.3) is 0 Å². The maximum atomic E-state index is 11.8. The van der Waals surface area contributed by atoms with Crippen LogP contribution in [0.4, 0.5) is 0 Å². The molecule has 0 spiro atoms. The number of carbonyl (C=O) groups excluding carboxylic acids is 1. The number of amides is 1. The van der Waals surface area contributed by atoms with E-state index in [0.29, 0.717) is 19.6 Å². The third-order valence-electron chi connectivity index (χ3n) is 2.96. The van der Waals surface area contributed by atoms with Gasteiger partial charge in [0.15, 0.2) is 0 Å². The lowest BCUT2D eigenvalue weighted by Crippen LogP contribution is -2.57. The van der Waals surface area contributed by atoms with Gasteiger partial charge in [0.1, 0.15) is 6.17 Å². The molecule has 0 aromatic carbocycles. The van der Waals surface area contributed by atoms with Crippen molar-refractivity contribution in [2.24, 2.45) is 0 Å². The minimum atomic E-state index is 0.140. The Morgan fingerprint density at radius 2 is 2.07 bits per heavy atom. The van der Waals surface area contributed by atoms with Crippen molar-refractivity contribution in [3.8, 4) is 0 Å². The molecule has 1 aliphatic rings. The number of morpholine rings is 1. The topological polar surface area (TPSA) is 32.8 Å². The first-order chi connectivity index (χ1) is 7.24. The van der Waals surface area contributed by atoms with E-state index in [-0.39, 0.29) is 12.1 Å². The second kappa shape index (κ2) is 6.08. The SMILES string of the molecule is CCC(=O)N1CCOCC1N(CC)CC. The van der Waals surface area contributed by atoms with Gasteiger partial charge in [-0.1, -0.05) is 20.8 Å². The minimum Gasteiger partial charge on any atom is -0.376 e. The number of hydrogen-bond donors (Lipinski definition) is 0. The maximum absolute atomic E-state index is 11.8. The van der Waals surface area contributed by atoms with Crippen molar-refractivity contribution in [2.75, 3.05) is 32.8 Å². The van der Waals surface area contributed by atoms with Crippen molar-refractivity contribution >= 4 is 5.91 Å². The summed E-state index contributed by atoms with van der Waals surface area (Å²) in [5.41, 5.74) is 0. The molecule has 1 atom stereocenters. The summed E-state index contributed by atoms with van der Waals surface area (Å²) < 4.78 is 5.46. The molecule has 1 saturated heterocycles. The average Bonchev–Trinajstić information content (AvgIpc) is 2.30. The van der Waals surface area contributed by atoms with Crippen LogP contribution in [0, 0.1) is 0 Å². The smallest absolute Gasteiger partial charge is 0.223 e. The summed E-state index contributed by atoms with van der Waals surface area (Å²) in [5, 5.41) is 0. The first-order valence-corrected chi connectivity index (χ1v) is 5.85. The van der Waals surface area contributed by atoms with Gasteiger partial charge in [0.05, 0.1) is 13.2 Å². The molecule has 0 radical (unpaired) electrons. The third kappa shape index (κ3) is 2.92. The summed E-state index contributed by atoms with van der Waals surface area (Å²) in [6, 6.07) is 0. The molecular weight excluding hydrogens is 192 g/mol. The summed E-state index contributed by atoms with van der Waals surface area (Å²) >= 11 is 0. The summed E-state index contributed by atoms with van der Waals surface area (Å²) in [6.45, 7) is 10.1. The Morgan fingerprint density at radius 3 is 2.60 bits per heavy atom. The van der Waals surface area contributed by atoms with E-state index in [1.807, 2.05) is 11.8 Å². The van der Waals surface area contributed by atoms with Crippen LogP contribution < -0.4 is 0 Å². The van der Waals surface area contributed by atoms with Crippen LogP contribution in [0.3, 0.4) is 0 Å². The molecule has 0 bridgehead atoms. The molecule has 1 amide bonds. The number of likely N-dealkylation sites (N-methyl/N-ethyl adjacent to an activating group) is 1. The molecule has 15 heavy (non-hydrogen) atoms. The van der Waals surface area contributed by atoms with Crippen LogP contribution in [0.5, 0.6) is 0 Å². The predicted octanol–water partition coefficient (Wildman–Crippen LogP) is 0.923. The molecule has 0 aliphatic carbocycles. The van der Waals surface area contributed by atoms with Gasteiger partial charge in [0.2, 0.25) is 5.91 Å². The summed E-state index contributed by atoms with van der Waals surface area (Å²) in [5.74, 6) is 0.232.